The molecule has 0 radical (unpaired) electrons. The van der Waals surface area contributed by atoms with Crippen molar-refractivity contribution in [1.29, 1.82) is 0 Å². The lowest BCUT2D eigenvalue weighted by atomic mass is 10.2. The lowest BCUT2D eigenvalue weighted by molar-refractivity contribution is -0.126. The van der Waals surface area contributed by atoms with E-state index < -0.39 is 5.25 Å². The fourth-order valence-electron chi connectivity index (χ4n) is 3.15. The molecule has 3 aromatic carbocycles. The van der Waals surface area contributed by atoms with E-state index in [9.17, 15) is 9.59 Å². The van der Waals surface area contributed by atoms with Crippen molar-refractivity contribution in [3.63, 3.8) is 0 Å². The van der Waals surface area contributed by atoms with E-state index in [2.05, 4.69) is 15.6 Å². The van der Waals surface area contributed by atoms with Crippen molar-refractivity contribution in [1.82, 2.24) is 15.6 Å². The first-order chi connectivity index (χ1) is 15.7. The second-order valence-corrected chi connectivity index (χ2v) is 9.70. The number of benzene rings is 3. The molecule has 0 saturated carbocycles. The standard InChI is InChI=1S/C25H23N3O2S2/c29-23(26-16-18-9-3-1-4-10-18)15-22(24(30)27-17-19-11-5-2-6-12-19)32-25-28-20-13-7-8-14-21(20)31-25/h1-14,22H,15-17H2,(H,26,29)(H,27,30). The van der Waals surface area contributed by atoms with Gasteiger partial charge in [-0.2, -0.15) is 0 Å². The maximum Gasteiger partial charge on any atom is 0.234 e. The molecule has 0 fully saturated rings. The number of nitrogens with zero attached hydrogens (tertiary/aromatic N) is 1. The number of rotatable bonds is 9. The number of fused-ring (bicyclic) bond motifs is 1. The number of nitrogens with one attached hydrogen (secondary N) is 2. The number of para-hydroxylation sites is 1. The molecular weight excluding hydrogens is 438 g/mol. The zero-order valence-electron chi connectivity index (χ0n) is 17.4. The molecule has 1 aromatic heterocycles. The van der Waals surface area contributed by atoms with Gasteiger partial charge in [-0.3, -0.25) is 9.59 Å². The quantitative estimate of drug-likeness (QED) is 0.352. The van der Waals surface area contributed by atoms with Gasteiger partial charge in [0, 0.05) is 19.5 Å². The number of carbonyl (C=O) groups excluding carboxylic acids is 2. The topological polar surface area (TPSA) is 71.1 Å². The molecule has 0 spiro atoms. The first-order valence-corrected chi connectivity index (χ1v) is 12.0. The molecule has 0 aliphatic heterocycles. The Bertz CT molecular complexity index is 1150. The predicted octanol–water partition coefficient (Wildman–Crippen LogP) is 4.78. The molecule has 2 N–H and O–H groups in total. The van der Waals surface area contributed by atoms with Crippen molar-refractivity contribution < 1.29 is 9.59 Å². The summed E-state index contributed by atoms with van der Waals surface area (Å²) in [6, 6.07) is 27.3. The van der Waals surface area contributed by atoms with Gasteiger partial charge in [0.25, 0.3) is 0 Å². The Morgan fingerprint density at radius 2 is 1.41 bits per heavy atom. The van der Waals surface area contributed by atoms with E-state index in [1.807, 2.05) is 84.9 Å². The molecule has 1 unspecified atom stereocenters. The number of hydrogen-bond acceptors (Lipinski definition) is 5. The van der Waals surface area contributed by atoms with Crippen LogP contribution in [0.15, 0.2) is 89.3 Å². The molecule has 0 aliphatic rings. The highest BCUT2D eigenvalue weighted by Gasteiger charge is 2.24. The number of thiazole rings is 1. The average molecular weight is 462 g/mol. The minimum absolute atomic E-state index is 0.0774. The first kappa shape index (κ1) is 22.0. The van der Waals surface area contributed by atoms with E-state index in [0.29, 0.717) is 13.1 Å². The van der Waals surface area contributed by atoms with Crippen LogP contribution in [0.3, 0.4) is 0 Å². The van der Waals surface area contributed by atoms with Crippen LogP contribution < -0.4 is 10.6 Å². The summed E-state index contributed by atoms with van der Waals surface area (Å²) in [5.74, 6) is -0.338. The van der Waals surface area contributed by atoms with Crippen LogP contribution in [0, 0.1) is 0 Å². The second-order valence-electron chi connectivity index (χ2n) is 7.22. The molecule has 0 bridgehead atoms. The van der Waals surface area contributed by atoms with Crippen LogP contribution in [0.5, 0.6) is 0 Å². The second kappa shape index (κ2) is 10.9. The van der Waals surface area contributed by atoms with Gasteiger partial charge in [-0.15, -0.1) is 11.3 Å². The number of amides is 2. The summed E-state index contributed by atoms with van der Waals surface area (Å²) in [7, 11) is 0. The normalized spacial score (nSPS) is 11.8. The van der Waals surface area contributed by atoms with Crippen molar-refractivity contribution in [2.45, 2.75) is 29.1 Å². The van der Waals surface area contributed by atoms with Gasteiger partial charge in [-0.1, -0.05) is 84.6 Å². The van der Waals surface area contributed by atoms with Crippen LogP contribution in [-0.4, -0.2) is 22.0 Å². The molecule has 32 heavy (non-hydrogen) atoms. The minimum Gasteiger partial charge on any atom is -0.352 e. The largest absolute Gasteiger partial charge is 0.352 e. The summed E-state index contributed by atoms with van der Waals surface area (Å²) < 4.78 is 1.84. The molecule has 5 nitrogen and oxygen atoms in total. The SMILES string of the molecule is O=C(CC(Sc1nc2ccccc2s1)C(=O)NCc1ccccc1)NCc1ccccc1. The Morgan fingerprint density at radius 1 is 0.812 bits per heavy atom. The summed E-state index contributed by atoms with van der Waals surface area (Å²) in [5, 5.41) is 5.32. The van der Waals surface area contributed by atoms with Crippen LogP contribution in [0.25, 0.3) is 10.2 Å². The molecule has 4 aromatic rings. The van der Waals surface area contributed by atoms with Gasteiger partial charge in [-0.05, 0) is 23.3 Å². The van der Waals surface area contributed by atoms with E-state index in [1.54, 1.807) is 0 Å². The minimum atomic E-state index is -0.574. The lowest BCUT2D eigenvalue weighted by Gasteiger charge is -2.15. The van der Waals surface area contributed by atoms with Gasteiger partial charge in [0.05, 0.1) is 15.5 Å². The maximum absolute atomic E-state index is 13.0. The van der Waals surface area contributed by atoms with Gasteiger partial charge in [-0.25, -0.2) is 4.98 Å². The summed E-state index contributed by atoms with van der Waals surface area (Å²) in [5.41, 5.74) is 2.93. The van der Waals surface area contributed by atoms with Crippen LogP contribution in [0.2, 0.25) is 0 Å². The van der Waals surface area contributed by atoms with Crippen LogP contribution in [-0.2, 0) is 22.7 Å². The van der Waals surface area contributed by atoms with Gasteiger partial charge < -0.3 is 10.6 Å². The number of thioether (sulfide) groups is 1. The first-order valence-electron chi connectivity index (χ1n) is 10.3. The monoisotopic (exact) mass is 461 g/mol. The molecule has 1 heterocycles. The maximum atomic E-state index is 13.0. The lowest BCUT2D eigenvalue weighted by Crippen LogP contribution is -2.36. The summed E-state index contributed by atoms with van der Waals surface area (Å²) in [6.07, 6.45) is 0.0774. The number of hydrogen-bond donors (Lipinski definition) is 2. The van der Waals surface area contributed by atoms with Crippen molar-refractivity contribution >= 4 is 45.1 Å². The van der Waals surface area contributed by atoms with E-state index in [4.69, 9.17) is 0 Å². The van der Waals surface area contributed by atoms with Gasteiger partial charge in [0.15, 0.2) is 4.34 Å². The molecule has 0 saturated heterocycles. The molecule has 162 valence electrons. The third-order valence-electron chi connectivity index (χ3n) is 4.82. The Kier molecular flexibility index (Phi) is 7.53. The van der Waals surface area contributed by atoms with Gasteiger partial charge in [0.1, 0.15) is 0 Å². The number of carbonyl (C=O) groups is 2. The van der Waals surface area contributed by atoms with Crippen molar-refractivity contribution in [2.75, 3.05) is 0 Å². The van der Waals surface area contributed by atoms with E-state index in [0.717, 1.165) is 25.7 Å². The van der Waals surface area contributed by atoms with Crippen molar-refractivity contribution in [3.8, 4) is 0 Å². The van der Waals surface area contributed by atoms with Crippen molar-refractivity contribution in [3.05, 3.63) is 96.1 Å². The number of aromatic nitrogens is 1. The van der Waals surface area contributed by atoms with E-state index >= 15 is 0 Å². The zero-order chi connectivity index (χ0) is 22.2. The highest BCUT2D eigenvalue weighted by molar-refractivity contribution is 8.02. The summed E-state index contributed by atoms with van der Waals surface area (Å²) >= 11 is 2.88. The third-order valence-corrected chi connectivity index (χ3v) is 7.15. The third kappa shape index (κ3) is 6.18. The highest BCUT2D eigenvalue weighted by atomic mass is 32.2. The fraction of sp³-hybridized carbons (Fsp3) is 0.160. The van der Waals surface area contributed by atoms with Crippen molar-refractivity contribution in [2.24, 2.45) is 0 Å². The Balaban J connectivity index is 1.43. The van der Waals surface area contributed by atoms with Gasteiger partial charge >= 0.3 is 0 Å². The van der Waals surface area contributed by atoms with Crippen LogP contribution >= 0.6 is 23.1 Å². The average Bonchev–Trinajstić information content (AvgIpc) is 3.24. The van der Waals surface area contributed by atoms with Gasteiger partial charge in [0.2, 0.25) is 11.8 Å². The Hall–Kier alpha value is -3.16. The Labute approximate surface area is 195 Å². The molecule has 2 amide bonds. The summed E-state index contributed by atoms with van der Waals surface area (Å²) in [4.78, 5) is 30.3. The smallest absolute Gasteiger partial charge is 0.234 e. The Morgan fingerprint density at radius 3 is 2.06 bits per heavy atom. The van der Waals surface area contributed by atoms with E-state index in [1.165, 1.54) is 23.1 Å². The molecule has 1 atom stereocenters. The molecular formula is C25H23N3O2S2. The highest BCUT2D eigenvalue weighted by Crippen LogP contribution is 2.33. The zero-order valence-corrected chi connectivity index (χ0v) is 19.0. The van der Waals surface area contributed by atoms with Crippen LogP contribution in [0.4, 0.5) is 0 Å². The molecule has 0 aliphatic carbocycles. The van der Waals surface area contributed by atoms with Crippen LogP contribution in [0.1, 0.15) is 17.5 Å². The summed E-state index contributed by atoms with van der Waals surface area (Å²) in [6.45, 7) is 0.853. The predicted molar refractivity (Wildman–Crippen MR) is 130 cm³/mol. The van der Waals surface area contributed by atoms with E-state index in [-0.39, 0.29) is 18.2 Å². The molecule has 4 rings (SSSR count). The molecule has 7 heteroatoms. The fourth-order valence-corrected chi connectivity index (χ4v) is 5.47.